The Hall–Kier alpha value is -5.18. The number of benzene rings is 2. The predicted molar refractivity (Wildman–Crippen MR) is 193 cm³/mol. The maximum absolute atomic E-state index is 14.5. The van der Waals surface area contributed by atoms with Crippen molar-refractivity contribution in [2.45, 2.75) is 52.5 Å². The lowest BCUT2D eigenvalue weighted by molar-refractivity contribution is -0.113. The number of aryl methyl sites for hydroxylation is 2. The summed E-state index contributed by atoms with van der Waals surface area (Å²) in [7, 11) is 3.13. The largest absolute Gasteiger partial charge is 0.497 e. The number of para-hydroxylation sites is 1. The van der Waals surface area contributed by atoms with Crippen LogP contribution in [0.4, 0.5) is 5.69 Å². The van der Waals surface area contributed by atoms with Crippen LogP contribution in [-0.4, -0.2) is 29.3 Å². The fourth-order valence-electron chi connectivity index (χ4n) is 6.88. The molecule has 1 aliphatic heterocycles. The number of nitrogens with one attached hydrogen (secondary N) is 1. The van der Waals surface area contributed by atoms with E-state index in [9.17, 15) is 14.9 Å². The van der Waals surface area contributed by atoms with Gasteiger partial charge >= 0.3 is 0 Å². The van der Waals surface area contributed by atoms with Gasteiger partial charge in [0.1, 0.15) is 28.6 Å². The van der Waals surface area contributed by atoms with E-state index in [1.54, 1.807) is 49.2 Å². The highest BCUT2D eigenvalue weighted by Gasteiger charge is 2.34. The van der Waals surface area contributed by atoms with Crippen LogP contribution in [-0.2, 0) is 17.6 Å². The average Bonchev–Trinajstić information content (AvgIpc) is 3.72. The molecule has 2 aliphatic rings. The molecule has 248 valence electrons. The zero-order valence-corrected chi connectivity index (χ0v) is 29.6. The van der Waals surface area contributed by atoms with Crippen LogP contribution in [0.15, 0.2) is 75.7 Å². The van der Waals surface area contributed by atoms with Gasteiger partial charge < -0.3 is 19.4 Å². The van der Waals surface area contributed by atoms with Gasteiger partial charge in [0.2, 0.25) is 0 Å². The van der Waals surface area contributed by atoms with Gasteiger partial charge in [-0.25, -0.2) is 4.99 Å². The van der Waals surface area contributed by atoms with Gasteiger partial charge in [-0.2, -0.15) is 5.26 Å². The number of carbonyl (C=O) groups excluding carboxylic acids is 1. The van der Waals surface area contributed by atoms with E-state index in [0.717, 1.165) is 53.2 Å². The lowest BCUT2D eigenvalue weighted by Gasteiger charge is -2.26. The Morgan fingerprint density at radius 3 is 2.55 bits per heavy atom. The number of nitrogens with zero attached hydrogens (tertiary/aromatic N) is 4. The molecule has 9 nitrogen and oxygen atoms in total. The summed E-state index contributed by atoms with van der Waals surface area (Å²) in [4.78, 5) is 35.1. The summed E-state index contributed by atoms with van der Waals surface area (Å²) >= 11 is 2.99. The second-order valence-electron chi connectivity index (χ2n) is 12.2. The minimum absolute atomic E-state index is 0.266. The van der Waals surface area contributed by atoms with Gasteiger partial charge in [-0.15, -0.1) is 11.3 Å². The van der Waals surface area contributed by atoms with Crippen molar-refractivity contribution in [1.29, 1.82) is 5.26 Å². The smallest absolute Gasteiger partial charge is 0.271 e. The highest BCUT2D eigenvalue weighted by atomic mass is 32.1. The summed E-state index contributed by atoms with van der Waals surface area (Å²) in [6.45, 7) is 5.85. The van der Waals surface area contributed by atoms with Gasteiger partial charge in [0.05, 0.1) is 35.6 Å². The molecule has 0 unspecified atom stereocenters. The van der Waals surface area contributed by atoms with E-state index in [1.165, 1.54) is 21.8 Å². The molecule has 0 saturated heterocycles. The van der Waals surface area contributed by atoms with Crippen LogP contribution in [0.25, 0.3) is 11.1 Å². The fourth-order valence-corrected chi connectivity index (χ4v) is 9.37. The van der Waals surface area contributed by atoms with E-state index in [4.69, 9.17) is 14.5 Å². The third kappa shape index (κ3) is 5.61. The number of anilines is 1. The molecular formula is C38H35N5O4S2. The summed E-state index contributed by atoms with van der Waals surface area (Å²) in [5.74, 6) is 0.708. The Morgan fingerprint density at radius 1 is 1.04 bits per heavy atom. The number of carbonyl (C=O) groups is 1. The molecule has 1 atom stereocenters. The first-order valence-corrected chi connectivity index (χ1v) is 17.7. The van der Waals surface area contributed by atoms with Crippen molar-refractivity contribution >= 4 is 40.3 Å². The van der Waals surface area contributed by atoms with Gasteiger partial charge in [-0.1, -0.05) is 29.5 Å². The van der Waals surface area contributed by atoms with Gasteiger partial charge in [0, 0.05) is 33.6 Å². The van der Waals surface area contributed by atoms with Crippen LogP contribution in [0.5, 0.6) is 11.5 Å². The fraction of sp³-hybridized carbons (Fsp3) is 0.263. The molecule has 0 saturated carbocycles. The van der Waals surface area contributed by atoms with Gasteiger partial charge in [0.15, 0.2) is 4.80 Å². The summed E-state index contributed by atoms with van der Waals surface area (Å²) in [6, 6.07) is 18.3. The topological polar surface area (TPSA) is 111 Å². The monoisotopic (exact) mass is 689 g/mol. The standard InChI is InChI=1S/C38H35N5O4S2/c1-21-17-24(23(3)42(21)37-29(20-39)27-13-9-10-14-31(27)48-37)18-32-36(45)43-34(28-16-15-26(46-4)19-30(28)47-5)33(22(2)40-38(43)49-32)35(44)41-25-11-7-6-8-12-25/h6-8,11-12,15-19,34H,9-10,13-14H2,1-5H3,(H,41,44)/b32-18-/t34-/m1/s1. The number of fused-ring (bicyclic) bond motifs is 2. The number of methoxy groups -OCH3 is 2. The van der Waals surface area contributed by atoms with E-state index in [-0.39, 0.29) is 11.5 Å². The van der Waals surface area contributed by atoms with Crippen molar-refractivity contribution in [1.82, 2.24) is 9.13 Å². The quantitative estimate of drug-likeness (QED) is 0.222. The summed E-state index contributed by atoms with van der Waals surface area (Å²) in [5.41, 5.74) is 6.62. The SMILES string of the molecule is COc1ccc([C@@H]2C(C(=O)Nc3ccccc3)=C(C)N=c3s/c(=C\c4cc(C)n(-c5sc6c(c5C#N)CCCC6)c4C)c(=O)n32)c(OC)c1. The van der Waals surface area contributed by atoms with Crippen LogP contribution < -0.4 is 29.7 Å². The molecule has 0 radical (unpaired) electrons. The Morgan fingerprint density at radius 2 is 1.82 bits per heavy atom. The second kappa shape index (κ2) is 13.0. The molecule has 0 fully saturated rings. The Labute approximate surface area is 291 Å². The molecule has 0 bridgehead atoms. The average molecular weight is 690 g/mol. The zero-order chi connectivity index (χ0) is 34.4. The second-order valence-corrected chi connectivity index (χ2v) is 14.3. The van der Waals surface area contributed by atoms with Crippen LogP contribution in [0.3, 0.4) is 0 Å². The van der Waals surface area contributed by atoms with Crippen LogP contribution in [0, 0.1) is 25.2 Å². The van der Waals surface area contributed by atoms with Crippen LogP contribution in [0.1, 0.15) is 64.3 Å². The Balaban J connectivity index is 1.38. The summed E-state index contributed by atoms with van der Waals surface area (Å²) in [5, 5.41) is 14.1. The number of aromatic nitrogens is 2. The number of nitriles is 1. The molecular weight excluding hydrogens is 655 g/mol. The van der Waals surface area contributed by atoms with Crippen molar-refractivity contribution < 1.29 is 14.3 Å². The van der Waals surface area contributed by atoms with Crippen molar-refractivity contribution in [2.24, 2.45) is 4.99 Å². The normalized spacial score (nSPS) is 15.7. The van der Waals surface area contributed by atoms with Gasteiger partial charge in [0.25, 0.3) is 11.5 Å². The molecule has 1 aliphatic carbocycles. The zero-order valence-electron chi connectivity index (χ0n) is 27.9. The molecule has 2 aromatic carbocycles. The molecule has 5 aromatic rings. The predicted octanol–water partition coefficient (Wildman–Crippen LogP) is 6.11. The summed E-state index contributed by atoms with van der Waals surface area (Å²) in [6.07, 6.45) is 6.09. The van der Waals surface area contributed by atoms with Crippen LogP contribution in [0.2, 0.25) is 0 Å². The molecule has 0 spiro atoms. The van der Waals surface area contributed by atoms with Crippen LogP contribution >= 0.6 is 22.7 Å². The van der Waals surface area contributed by atoms with E-state index >= 15 is 0 Å². The number of rotatable bonds is 7. The molecule has 3 aromatic heterocycles. The minimum Gasteiger partial charge on any atom is -0.497 e. The molecule has 4 heterocycles. The molecule has 1 amide bonds. The highest BCUT2D eigenvalue weighted by molar-refractivity contribution is 7.15. The minimum atomic E-state index is -0.814. The number of thiazole rings is 1. The number of ether oxygens (including phenoxy) is 2. The van der Waals surface area contributed by atoms with Crippen molar-refractivity contribution in [2.75, 3.05) is 19.5 Å². The van der Waals surface area contributed by atoms with E-state index in [0.29, 0.717) is 43.4 Å². The number of hydrogen-bond donors (Lipinski definition) is 1. The van der Waals surface area contributed by atoms with Crippen molar-refractivity contribution in [3.63, 3.8) is 0 Å². The first-order valence-electron chi connectivity index (χ1n) is 16.1. The van der Waals surface area contributed by atoms with E-state index < -0.39 is 6.04 Å². The summed E-state index contributed by atoms with van der Waals surface area (Å²) < 4.78 is 15.5. The maximum atomic E-state index is 14.5. The van der Waals surface area contributed by atoms with Gasteiger partial charge in [-0.3, -0.25) is 14.2 Å². The molecule has 1 N–H and O–H groups in total. The molecule has 49 heavy (non-hydrogen) atoms. The third-order valence-corrected chi connectivity index (χ3v) is 11.5. The highest BCUT2D eigenvalue weighted by Crippen LogP contribution is 2.39. The van der Waals surface area contributed by atoms with E-state index in [1.807, 2.05) is 56.3 Å². The Bertz CT molecular complexity index is 2390. The first kappa shape index (κ1) is 32.4. The lowest BCUT2D eigenvalue weighted by atomic mass is 9.94. The number of amides is 1. The number of allylic oxidation sites excluding steroid dienone is 1. The molecule has 7 rings (SSSR count). The number of thiophene rings is 1. The molecule has 11 heteroatoms. The lowest BCUT2D eigenvalue weighted by Crippen LogP contribution is -2.40. The van der Waals surface area contributed by atoms with Crippen molar-refractivity contribution in [3.05, 3.63) is 124 Å². The number of hydrogen-bond acceptors (Lipinski definition) is 8. The maximum Gasteiger partial charge on any atom is 0.271 e. The Kier molecular flexibility index (Phi) is 8.61. The van der Waals surface area contributed by atoms with E-state index in [2.05, 4.69) is 22.0 Å². The van der Waals surface area contributed by atoms with Crippen molar-refractivity contribution in [3.8, 4) is 22.6 Å². The first-order chi connectivity index (χ1) is 23.7. The van der Waals surface area contributed by atoms with Gasteiger partial charge in [-0.05, 0) is 94.0 Å². The third-order valence-electron chi connectivity index (χ3n) is 9.26.